The minimum atomic E-state index is -0.526. The number of benzene rings is 1. The molecule has 0 radical (unpaired) electrons. The quantitative estimate of drug-likeness (QED) is 0.847. The van der Waals surface area contributed by atoms with E-state index in [-0.39, 0.29) is 6.61 Å². The van der Waals surface area contributed by atoms with Gasteiger partial charge in [-0.1, -0.05) is 41.1 Å². The molecule has 1 aromatic carbocycles. The highest BCUT2D eigenvalue weighted by Crippen LogP contribution is 2.26. The Kier molecular flexibility index (Phi) is 6.23. The SMILES string of the molecule is CC(CO)(CNC(=O)OC(C)(C)C)Cc1ccccc1Br. The Labute approximate surface area is 135 Å². The summed E-state index contributed by atoms with van der Waals surface area (Å²) >= 11 is 3.50. The van der Waals surface area contributed by atoms with Gasteiger partial charge in [0, 0.05) is 16.4 Å². The molecule has 1 unspecified atom stereocenters. The topological polar surface area (TPSA) is 58.6 Å². The van der Waals surface area contributed by atoms with Gasteiger partial charge in [0.15, 0.2) is 0 Å². The number of aliphatic hydroxyl groups excluding tert-OH is 1. The zero-order chi connectivity index (χ0) is 16.1. The smallest absolute Gasteiger partial charge is 0.407 e. The van der Waals surface area contributed by atoms with Crippen LogP contribution in [0.3, 0.4) is 0 Å². The van der Waals surface area contributed by atoms with E-state index < -0.39 is 17.1 Å². The highest BCUT2D eigenvalue weighted by atomic mass is 79.9. The van der Waals surface area contributed by atoms with Crippen LogP contribution >= 0.6 is 15.9 Å². The summed E-state index contributed by atoms with van der Waals surface area (Å²) < 4.78 is 6.21. The van der Waals surface area contributed by atoms with Gasteiger partial charge in [-0.2, -0.15) is 0 Å². The number of carbonyl (C=O) groups is 1. The molecule has 21 heavy (non-hydrogen) atoms. The number of hydrogen-bond acceptors (Lipinski definition) is 3. The van der Waals surface area contributed by atoms with Crippen molar-refractivity contribution in [1.29, 1.82) is 0 Å². The lowest BCUT2D eigenvalue weighted by atomic mass is 9.84. The number of ether oxygens (including phenoxy) is 1. The molecule has 0 bridgehead atoms. The molecular formula is C16H24BrNO3. The Morgan fingerprint density at radius 1 is 1.29 bits per heavy atom. The number of alkyl carbamates (subject to hydrolysis) is 1. The van der Waals surface area contributed by atoms with Gasteiger partial charge in [-0.25, -0.2) is 4.79 Å². The van der Waals surface area contributed by atoms with E-state index in [0.29, 0.717) is 13.0 Å². The van der Waals surface area contributed by atoms with Gasteiger partial charge >= 0.3 is 6.09 Å². The van der Waals surface area contributed by atoms with Gasteiger partial charge in [-0.05, 0) is 38.8 Å². The Hall–Kier alpha value is -1.07. The van der Waals surface area contributed by atoms with Crippen molar-refractivity contribution in [2.75, 3.05) is 13.2 Å². The van der Waals surface area contributed by atoms with E-state index in [1.54, 1.807) is 0 Å². The summed E-state index contributed by atoms with van der Waals surface area (Å²) in [5.74, 6) is 0. The van der Waals surface area contributed by atoms with Crippen LogP contribution in [0.15, 0.2) is 28.7 Å². The summed E-state index contributed by atoms with van der Waals surface area (Å²) in [5.41, 5.74) is 0.128. The Bertz CT molecular complexity index is 485. The van der Waals surface area contributed by atoms with Crippen LogP contribution < -0.4 is 5.32 Å². The number of halogens is 1. The van der Waals surface area contributed by atoms with Gasteiger partial charge in [0.05, 0.1) is 6.61 Å². The highest BCUT2D eigenvalue weighted by molar-refractivity contribution is 9.10. The first-order valence-corrected chi connectivity index (χ1v) is 7.76. The van der Waals surface area contributed by atoms with Gasteiger partial charge in [-0.3, -0.25) is 0 Å². The molecule has 2 N–H and O–H groups in total. The van der Waals surface area contributed by atoms with Crippen LogP contribution in [0.4, 0.5) is 4.79 Å². The van der Waals surface area contributed by atoms with E-state index >= 15 is 0 Å². The van der Waals surface area contributed by atoms with Crippen molar-refractivity contribution >= 4 is 22.0 Å². The number of aliphatic hydroxyl groups is 1. The number of amides is 1. The second kappa shape index (κ2) is 7.27. The van der Waals surface area contributed by atoms with Crippen molar-refractivity contribution in [3.05, 3.63) is 34.3 Å². The van der Waals surface area contributed by atoms with Crippen LogP contribution in [0.2, 0.25) is 0 Å². The monoisotopic (exact) mass is 357 g/mol. The molecule has 0 aliphatic carbocycles. The van der Waals surface area contributed by atoms with E-state index in [1.807, 2.05) is 52.0 Å². The fourth-order valence-corrected chi connectivity index (χ4v) is 2.30. The molecule has 1 aromatic rings. The first-order chi connectivity index (χ1) is 9.65. The van der Waals surface area contributed by atoms with Gasteiger partial charge < -0.3 is 15.2 Å². The number of hydrogen-bond donors (Lipinski definition) is 2. The molecule has 1 rings (SSSR count). The van der Waals surface area contributed by atoms with Crippen molar-refractivity contribution in [2.24, 2.45) is 5.41 Å². The van der Waals surface area contributed by atoms with Crippen molar-refractivity contribution < 1.29 is 14.6 Å². The summed E-state index contributed by atoms with van der Waals surface area (Å²) in [6, 6.07) is 7.88. The van der Waals surface area contributed by atoms with E-state index in [1.165, 1.54) is 0 Å². The van der Waals surface area contributed by atoms with E-state index in [4.69, 9.17) is 4.74 Å². The summed E-state index contributed by atoms with van der Waals surface area (Å²) in [6.45, 7) is 7.71. The third-order valence-electron chi connectivity index (χ3n) is 3.02. The second-order valence-corrected chi connectivity index (χ2v) is 7.45. The van der Waals surface area contributed by atoms with E-state index in [9.17, 15) is 9.90 Å². The molecule has 0 aliphatic rings. The summed E-state index contributed by atoms with van der Waals surface area (Å²) in [4.78, 5) is 11.7. The average Bonchev–Trinajstić information content (AvgIpc) is 2.37. The molecule has 0 heterocycles. The van der Waals surface area contributed by atoms with Crippen molar-refractivity contribution in [1.82, 2.24) is 5.32 Å². The maximum absolute atomic E-state index is 11.7. The maximum Gasteiger partial charge on any atom is 0.407 e. The molecule has 5 heteroatoms. The molecule has 0 spiro atoms. The van der Waals surface area contributed by atoms with Gasteiger partial charge in [0.1, 0.15) is 5.60 Å². The summed E-state index contributed by atoms with van der Waals surface area (Å²) in [6.07, 6.45) is 0.190. The van der Waals surface area contributed by atoms with Crippen LogP contribution in [0, 0.1) is 5.41 Å². The molecule has 0 saturated heterocycles. The van der Waals surface area contributed by atoms with Crippen molar-refractivity contribution in [3.63, 3.8) is 0 Å². The van der Waals surface area contributed by atoms with Crippen LogP contribution in [0.25, 0.3) is 0 Å². The predicted octanol–water partition coefficient (Wildman–Crippen LogP) is 3.51. The zero-order valence-corrected chi connectivity index (χ0v) is 14.7. The van der Waals surface area contributed by atoms with E-state index in [2.05, 4.69) is 21.2 Å². The summed E-state index contributed by atoms with van der Waals surface area (Å²) in [7, 11) is 0. The van der Waals surface area contributed by atoms with Crippen LogP contribution in [-0.2, 0) is 11.2 Å². The predicted molar refractivity (Wildman–Crippen MR) is 87.3 cm³/mol. The molecule has 0 aliphatic heterocycles. The standard InChI is InChI=1S/C16H24BrNO3/c1-15(2,3)21-14(20)18-10-16(4,11-19)9-12-7-5-6-8-13(12)17/h5-8,19H,9-11H2,1-4H3,(H,18,20). The molecule has 1 amide bonds. The van der Waals surface area contributed by atoms with Crippen molar-refractivity contribution in [3.8, 4) is 0 Å². The molecule has 0 saturated carbocycles. The largest absolute Gasteiger partial charge is 0.444 e. The molecule has 0 aromatic heterocycles. The highest BCUT2D eigenvalue weighted by Gasteiger charge is 2.26. The minimum Gasteiger partial charge on any atom is -0.444 e. The fourth-order valence-electron chi connectivity index (χ4n) is 1.88. The third-order valence-corrected chi connectivity index (χ3v) is 3.79. The Morgan fingerprint density at radius 2 is 1.90 bits per heavy atom. The first-order valence-electron chi connectivity index (χ1n) is 6.96. The fraction of sp³-hybridized carbons (Fsp3) is 0.562. The van der Waals surface area contributed by atoms with Crippen LogP contribution in [0.1, 0.15) is 33.3 Å². The average molecular weight is 358 g/mol. The lowest BCUT2D eigenvalue weighted by molar-refractivity contribution is 0.0478. The summed E-state index contributed by atoms with van der Waals surface area (Å²) in [5, 5.41) is 12.4. The Morgan fingerprint density at radius 3 is 2.43 bits per heavy atom. The Balaban J connectivity index is 2.64. The second-order valence-electron chi connectivity index (χ2n) is 6.59. The zero-order valence-electron chi connectivity index (χ0n) is 13.1. The maximum atomic E-state index is 11.7. The van der Waals surface area contributed by atoms with E-state index in [0.717, 1.165) is 10.0 Å². The van der Waals surface area contributed by atoms with Gasteiger partial charge in [0.25, 0.3) is 0 Å². The normalized spacial score (nSPS) is 14.4. The van der Waals surface area contributed by atoms with Gasteiger partial charge in [0.2, 0.25) is 0 Å². The number of rotatable bonds is 5. The first kappa shape index (κ1) is 18.0. The molecular weight excluding hydrogens is 334 g/mol. The molecule has 118 valence electrons. The number of carbonyl (C=O) groups excluding carboxylic acids is 1. The number of nitrogens with one attached hydrogen (secondary N) is 1. The molecule has 1 atom stereocenters. The van der Waals surface area contributed by atoms with Crippen molar-refractivity contribution in [2.45, 2.75) is 39.7 Å². The lowest BCUT2D eigenvalue weighted by Crippen LogP contribution is -2.41. The third kappa shape index (κ3) is 6.48. The molecule has 4 nitrogen and oxygen atoms in total. The molecule has 0 fully saturated rings. The van der Waals surface area contributed by atoms with Gasteiger partial charge in [-0.15, -0.1) is 0 Å². The van der Waals surface area contributed by atoms with Crippen LogP contribution in [-0.4, -0.2) is 30.0 Å². The minimum absolute atomic E-state index is 0.0237. The lowest BCUT2D eigenvalue weighted by Gasteiger charge is -2.29. The van der Waals surface area contributed by atoms with Crippen LogP contribution in [0.5, 0.6) is 0 Å².